The minimum atomic E-state index is -3.36. The number of carbonyl (C=O) groups excluding carboxylic acids is 1. The maximum Gasteiger partial charge on any atom is 0.250 e. The van der Waals surface area contributed by atoms with Gasteiger partial charge in [-0.25, -0.2) is 12.7 Å². The lowest BCUT2D eigenvalue weighted by molar-refractivity contribution is 0.100. The van der Waals surface area contributed by atoms with Gasteiger partial charge in [-0.3, -0.25) is 4.79 Å². The Labute approximate surface area is 230 Å². The van der Waals surface area contributed by atoms with Gasteiger partial charge in [-0.05, 0) is 78.1 Å². The standard InChI is InChI=1S/C31H35N3O4S/c1-2-22-8-6-11-26(18-22)38-16-7-17-39(36,37)34-14-12-24(13-15-34)29-21-33-30-27(29)19-25(20-28(30)31(32)35)23-9-4-3-5-10-23/h3-6,8-11,18-21,24,33H,2,7,12-17H2,1H3,(H2,32,35). The number of ether oxygens (including phenoxy) is 1. The first-order valence-electron chi connectivity index (χ1n) is 13.6. The fourth-order valence-electron chi connectivity index (χ4n) is 5.44. The highest BCUT2D eigenvalue weighted by Crippen LogP contribution is 2.37. The van der Waals surface area contributed by atoms with E-state index in [1.165, 1.54) is 5.56 Å². The zero-order valence-electron chi connectivity index (χ0n) is 22.2. The lowest BCUT2D eigenvalue weighted by atomic mass is 9.88. The average Bonchev–Trinajstić information content (AvgIpc) is 3.39. The van der Waals surface area contributed by atoms with Crippen LogP contribution >= 0.6 is 0 Å². The average molecular weight is 546 g/mol. The maximum atomic E-state index is 13.0. The molecule has 0 bridgehead atoms. The smallest absolute Gasteiger partial charge is 0.250 e. The largest absolute Gasteiger partial charge is 0.494 e. The van der Waals surface area contributed by atoms with E-state index in [2.05, 4.69) is 24.0 Å². The van der Waals surface area contributed by atoms with Crippen molar-refractivity contribution in [2.45, 2.75) is 38.5 Å². The summed E-state index contributed by atoms with van der Waals surface area (Å²) in [6, 6.07) is 21.7. The van der Waals surface area contributed by atoms with Crippen LogP contribution in [0.2, 0.25) is 0 Å². The number of nitrogens with two attached hydrogens (primary N) is 1. The van der Waals surface area contributed by atoms with E-state index in [-0.39, 0.29) is 11.7 Å². The Bertz CT molecular complexity index is 1560. The Kier molecular flexibility index (Phi) is 8.04. The van der Waals surface area contributed by atoms with Gasteiger partial charge in [-0.15, -0.1) is 0 Å². The fourth-order valence-corrected chi connectivity index (χ4v) is 6.95. The molecular formula is C31H35N3O4S. The number of rotatable bonds is 10. The van der Waals surface area contributed by atoms with Crippen LogP contribution in [0, 0.1) is 0 Å². The molecule has 4 aromatic rings. The van der Waals surface area contributed by atoms with Crippen LogP contribution in [0.3, 0.4) is 0 Å². The molecule has 1 aliphatic heterocycles. The molecule has 3 aromatic carbocycles. The molecule has 0 saturated carbocycles. The number of H-pyrrole nitrogens is 1. The van der Waals surface area contributed by atoms with Crippen molar-refractivity contribution in [3.63, 3.8) is 0 Å². The van der Waals surface area contributed by atoms with Gasteiger partial charge in [-0.1, -0.05) is 49.4 Å². The second kappa shape index (κ2) is 11.6. The second-order valence-corrected chi connectivity index (χ2v) is 12.2. The number of benzene rings is 3. The van der Waals surface area contributed by atoms with E-state index >= 15 is 0 Å². The van der Waals surface area contributed by atoms with E-state index in [4.69, 9.17) is 10.5 Å². The summed E-state index contributed by atoms with van der Waals surface area (Å²) in [7, 11) is -3.36. The summed E-state index contributed by atoms with van der Waals surface area (Å²) in [5.74, 6) is 0.558. The predicted molar refractivity (Wildman–Crippen MR) is 156 cm³/mol. The Morgan fingerprint density at radius 1 is 1.03 bits per heavy atom. The van der Waals surface area contributed by atoms with E-state index in [9.17, 15) is 13.2 Å². The van der Waals surface area contributed by atoms with Gasteiger partial charge in [0.1, 0.15) is 5.75 Å². The number of aromatic amines is 1. The lowest BCUT2D eigenvalue weighted by Crippen LogP contribution is -2.39. The molecular weight excluding hydrogens is 510 g/mol. The van der Waals surface area contributed by atoms with Gasteiger partial charge in [0.25, 0.3) is 5.91 Å². The SMILES string of the molecule is CCc1cccc(OCCCS(=O)(=O)N2CCC(c3c[nH]c4c(C(N)=O)cc(-c5ccccc5)cc34)CC2)c1. The van der Waals surface area contributed by atoms with Crippen molar-refractivity contribution in [1.82, 2.24) is 9.29 Å². The Morgan fingerprint density at radius 2 is 1.79 bits per heavy atom. The molecule has 1 aliphatic rings. The number of nitrogens with zero attached hydrogens (tertiary/aromatic N) is 1. The number of carbonyl (C=O) groups is 1. The molecule has 1 fully saturated rings. The predicted octanol–water partition coefficient (Wildman–Crippen LogP) is 5.47. The number of nitrogens with one attached hydrogen (secondary N) is 1. The molecule has 2 heterocycles. The topological polar surface area (TPSA) is 105 Å². The number of amides is 1. The van der Waals surface area contributed by atoms with E-state index < -0.39 is 15.9 Å². The van der Waals surface area contributed by atoms with Gasteiger partial charge in [-0.2, -0.15) is 0 Å². The molecule has 0 spiro atoms. The first-order chi connectivity index (χ1) is 18.9. The summed E-state index contributed by atoms with van der Waals surface area (Å²) in [6.07, 6.45) is 4.76. The van der Waals surface area contributed by atoms with Crippen LogP contribution in [0.4, 0.5) is 0 Å². The number of fused-ring (bicyclic) bond motifs is 1. The van der Waals surface area contributed by atoms with Crippen LogP contribution in [0.25, 0.3) is 22.0 Å². The molecule has 0 unspecified atom stereocenters. The maximum absolute atomic E-state index is 13.0. The van der Waals surface area contributed by atoms with Crippen LogP contribution in [-0.4, -0.2) is 49.1 Å². The first-order valence-corrected chi connectivity index (χ1v) is 15.2. The molecule has 1 amide bonds. The number of hydrogen-bond acceptors (Lipinski definition) is 4. The molecule has 7 nitrogen and oxygen atoms in total. The van der Waals surface area contributed by atoms with E-state index in [1.807, 2.05) is 60.8 Å². The first kappa shape index (κ1) is 27.0. The third-order valence-corrected chi connectivity index (χ3v) is 9.56. The molecule has 0 radical (unpaired) electrons. The molecule has 5 rings (SSSR count). The summed E-state index contributed by atoms with van der Waals surface area (Å²) in [6.45, 7) is 3.40. The van der Waals surface area contributed by atoms with Gasteiger partial charge >= 0.3 is 0 Å². The minimum Gasteiger partial charge on any atom is -0.494 e. The van der Waals surface area contributed by atoms with Crippen molar-refractivity contribution in [1.29, 1.82) is 0 Å². The van der Waals surface area contributed by atoms with Crippen molar-refractivity contribution in [3.8, 4) is 16.9 Å². The number of piperidine rings is 1. The van der Waals surface area contributed by atoms with Crippen molar-refractivity contribution < 1.29 is 17.9 Å². The van der Waals surface area contributed by atoms with Crippen molar-refractivity contribution in [3.05, 3.63) is 89.6 Å². The van der Waals surface area contributed by atoms with Gasteiger partial charge in [0.15, 0.2) is 0 Å². The van der Waals surface area contributed by atoms with Crippen molar-refractivity contribution in [2.24, 2.45) is 5.73 Å². The highest BCUT2D eigenvalue weighted by atomic mass is 32.2. The molecule has 3 N–H and O–H groups in total. The third-order valence-electron chi connectivity index (χ3n) is 7.60. The highest BCUT2D eigenvalue weighted by Gasteiger charge is 2.30. The summed E-state index contributed by atoms with van der Waals surface area (Å²) in [4.78, 5) is 15.5. The zero-order chi connectivity index (χ0) is 27.4. The summed E-state index contributed by atoms with van der Waals surface area (Å²) in [5.41, 5.74) is 11.2. The fraction of sp³-hybridized carbons (Fsp3) is 0.323. The van der Waals surface area contributed by atoms with Crippen LogP contribution in [0.15, 0.2) is 72.9 Å². The van der Waals surface area contributed by atoms with Gasteiger partial charge in [0.2, 0.25) is 10.0 Å². The molecule has 0 atom stereocenters. The minimum absolute atomic E-state index is 0.0701. The van der Waals surface area contributed by atoms with Crippen LogP contribution in [0.5, 0.6) is 5.75 Å². The lowest BCUT2D eigenvalue weighted by Gasteiger charge is -2.31. The van der Waals surface area contributed by atoms with Gasteiger partial charge < -0.3 is 15.5 Å². The molecule has 39 heavy (non-hydrogen) atoms. The normalized spacial score (nSPS) is 15.0. The van der Waals surface area contributed by atoms with Gasteiger partial charge in [0.05, 0.1) is 23.4 Å². The van der Waals surface area contributed by atoms with Crippen LogP contribution < -0.4 is 10.5 Å². The number of aromatic nitrogens is 1. The molecule has 0 aliphatic carbocycles. The monoisotopic (exact) mass is 545 g/mol. The number of primary amides is 1. The highest BCUT2D eigenvalue weighted by molar-refractivity contribution is 7.89. The zero-order valence-corrected chi connectivity index (χ0v) is 23.0. The Morgan fingerprint density at radius 3 is 2.51 bits per heavy atom. The molecule has 1 saturated heterocycles. The van der Waals surface area contributed by atoms with E-state index in [0.717, 1.165) is 39.8 Å². The van der Waals surface area contributed by atoms with Crippen molar-refractivity contribution in [2.75, 3.05) is 25.4 Å². The quantitative estimate of drug-likeness (QED) is 0.258. The number of hydrogen-bond donors (Lipinski definition) is 2. The van der Waals surface area contributed by atoms with Crippen molar-refractivity contribution >= 4 is 26.8 Å². The summed E-state index contributed by atoms with van der Waals surface area (Å²) >= 11 is 0. The van der Waals surface area contributed by atoms with E-state index in [0.29, 0.717) is 44.5 Å². The Balaban J connectivity index is 1.24. The van der Waals surface area contributed by atoms with E-state index in [1.54, 1.807) is 4.31 Å². The van der Waals surface area contributed by atoms with Gasteiger partial charge in [0, 0.05) is 24.7 Å². The number of sulfonamides is 1. The summed E-state index contributed by atoms with van der Waals surface area (Å²) in [5, 5.41) is 0.968. The Hall–Kier alpha value is -3.62. The summed E-state index contributed by atoms with van der Waals surface area (Å²) < 4.78 is 33.5. The molecule has 1 aromatic heterocycles. The second-order valence-electron chi connectivity index (χ2n) is 10.1. The van der Waals surface area contributed by atoms with Crippen LogP contribution in [-0.2, 0) is 16.4 Å². The number of aryl methyl sites for hydroxylation is 1. The molecule has 204 valence electrons. The third kappa shape index (κ3) is 6.02. The molecule has 8 heteroatoms. The van der Waals surface area contributed by atoms with Crippen LogP contribution in [0.1, 0.15) is 53.6 Å².